The molecule has 2 aromatic heterocycles. The number of anilines is 2. The van der Waals surface area contributed by atoms with E-state index in [0.717, 1.165) is 21.8 Å². The normalized spacial score (nSPS) is 12.3. The molecule has 0 saturated heterocycles. The molecule has 0 aliphatic heterocycles. The van der Waals surface area contributed by atoms with Crippen LogP contribution in [0.1, 0.15) is 38.4 Å². The fourth-order valence-corrected chi connectivity index (χ4v) is 3.58. The first kappa shape index (κ1) is 20.7. The number of aromatic nitrogens is 3. The fraction of sp³-hybridized carbons (Fsp3) is 0.333. The Morgan fingerprint density at radius 2 is 1.97 bits per heavy atom. The number of hydrogen-bond acceptors (Lipinski definition) is 8. The van der Waals surface area contributed by atoms with Gasteiger partial charge in [-0.25, -0.2) is 9.97 Å². The maximum absolute atomic E-state index is 9.99. The van der Waals surface area contributed by atoms with Gasteiger partial charge in [0.15, 0.2) is 0 Å². The van der Waals surface area contributed by atoms with Crippen molar-refractivity contribution in [3.63, 3.8) is 0 Å². The van der Waals surface area contributed by atoms with Gasteiger partial charge in [-0.3, -0.25) is 0 Å². The summed E-state index contributed by atoms with van der Waals surface area (Å²) in [5.74, 6) is 0.963. The molecule has 29 heavy (non-hydrogen) atoms. The number of aryl methyl sites for hydroxylation is 1. The standard InChI is InChI=1S/C21H23N5O2S/c1-13-7-19(29-26-13)25-20-23-11-17(12-24-20)15-5-6-16(10-22)18(8-15)28-14(2)9-21(3,4)27/h5-8,11-12,14,27H,9H2,1-4H3,(H,23,24,25). The van der Waals surface area contributed by atoms with E-state index in [1.807, 2.05) is 26.0 Å². The largest absolute Gasteiger partial charge is 0.489 e. The maximum atomic E-state index is 9.99. The zero-order valence-electron chi connectivity index (χ0n) is 16.8. The number of aliphatic hydroxyl groups is 1. The quantitative estimate of drug-likeness (QED) is 0.594. The van der Waals surface area contributed by atoms with E-state index in [9.17, 15) is 10.4 Å². The van der Waals surface area contributed by atoms with Crippen LogP contribution in [0.2, 0.25) is 0 Å². The Morgan fingerprint density at radius 1 is 1.24 bits per heavy atom. The number of benzene rings is 1. The number of ether oxygens (including phenoxy) is 1. The van der Waals surface area contributed by atoms with Crippen molar-refractivity contribution in [3.8, 4) is 22.9 Å². The van der Waals surface area contributed by atoms with Crippen LogP contribution in [0.5, 0.6) is 5.75 Å². The van der Waals surface area contributed by atoms with Crippen LogP contribution in [0, 0.1) is 18.3 Å². The summed E-state index contributed by atoms with van der Waals surface area (Å²) < 4.78 is 10.2. The summed E-state index contributed by atoms with van der Waals surface area (Å²) in [5.41, 5.74) is 2.18. The van der Waals surface area contributed by atoms with Gasteiger partial charge in [0.05, 0.1) is 23.0 Å². The average molecular weight is 410 g/mol. The molecule has 0 saturated carbocycles. The minimum Gasteiger partial charge on any atom is -0.489 e. The molecule has 1 atom stereocenters. The number of rotatable bonds is 7. The van der Waals surface area contributed by atoms with Gasteiger partial charge in [-0.1, -0.05) is 6.07 Å². The van der Waals surface area contributed by atoms with Crippen LogP contribution in [0.25, 0.3) is 11.1 Å². The number of nitriles is 1. The third kappa shape index (κ3) is 5.73. The van der Waals surface area contributed by atoms with Crippen LogP contribution in [-0.2, 0) is 0 Å². The SMILES string of the molecule is Cc1cc(Nc2ncc(-c3ccc(C#N)c(OC(C)CC(C)(C)O)c3)cn2)sn1. The van der Waals surface area contributed by atoms with Gasteiger partial charge in [-0.05, 0) is 63.0 Å². The maximum Gasteiger partial charge on any atom is 0.227 e. The number of nitrogens with one attached hydrogen (secondary N) is 1. The Bertz CT molecular complexity index is 1020. The molecule has 3 aromatic rings. The van der Waals surface area contributed by atoms with Crippen molar-refractivity contribution in [2.75, 3.05) is 5.32 Å². The van der Waals surface area contributed by atoms with Gasteiger partial charge in [-0.2, -0.15) is 9.64 Å². The molecule has 0 spiro atoms. The molecule has 0 amide bonds. The highest BCUT2D eigenvalue weighted by molar-refractivity contribution is 7.10. The van der Waals surface area contributed by atoms with Gasteiger partial charge in [0.2, 0.25) is 5.95 Å². The highest BCUT2D eigenvalue weighted by atomic mass is 32.1. The minimum absolute atomic E-state index is 0.247. The van der Waals surface area contributed by atoms with E-state index in [1.54, 1.807) is 38.4 Å². The third-order valence-corrected chi connectivity index (χ3v) is 4.86. The Kier molecular flexibility index (Phi) is 6.11. The Labute approximate surface area is 174 Å². The predicted octanol–water partition coefficient (Wildman–Crippen LogP) is 4.45. The molecule has 150 valence electrons. The van der Waals surface area contributed by atoms with Crippen molar-refractivity contribution in [2.45, 2.75) is 45.8 Å². The second kappa shape index (κ2) is 8.55. The lowest BCUT2D eigenvalue weighted by molar-refractivity contribution is 0.0323. The molecule has 0 aliphatic carbocycles. The summed E-state index contributed by atoms with van der Waals surface area (Å²) in [6.45, 7) is 7.26. The zero-order valence-corrected chi connectivity index (χ0v) is 17.6. The monoisotopic (exact) mass is 409 g/mol. The minimum atomic E-state index is -0.850. The van der Waals surface area contributed by atoms with Crippen LogP contribution in [0.15, 0.2) is 36.7 Å². The molecule has 7 nitrogen and oxygen atoms in total. The molecule has 8 heteroatoms. The second-order valence-corrected chi connectivity index (χ2v) is 8.33. The van der Waals surface area contributed by atoms with Crippen LogP contribution in [0.3, 0.4) is 0 Å². The molecule has 0 aliphatic rings. The van der Waals surface area contributed by atoms with E-state index in [0.29, 0.717) is 23.7 Å². The van der Waals surface area contributed by atoms with Gasteiger partial charge in [0, 0.05) is 24.4 Å². The highest BCUT2D eigenvalue weighted by Gasteiger charge is 2.19. The van der Waals surface area contributed by atoms with Gasteiger partial charge >= 0.3 is 0 Å². The number of hydrogen-bond donors (Lipinski definition) is 2. The molecule has 2 N–H and O–H groups in total. The first-order chi connectivity index (χ1) is 13.7. The predicted molar refractivity (Wildman–Crippen MR) is 113 cm³/mol. The highest BCUT2D eigenvalue weighted by Crippen LogP contribution is 2.29. The smallest absolute Gasteiger partial charge is 0.227 e. The Morgan fingerprint density at radius 3 is 2.55 bits per heavy atom. The summed E-state index contributed by atoms with van der Waals surface area (Å²) in [6.07, 6.45) is 3.63. The molecule has 0 fully saturated rings. The third-order valence-electron chi connectivity index (χ3n) is 4.07. The zero-order chi connectivity index (χ0) is 21.0. The van der Waals surface area contributed by atoms with Crippen LogP contribution < -0.4 is 10.1 Å². The molecular formula is C21H23N5O2S. The first-order valence-electron chi connectivity index (χ1n) is 9.19. The molecule has 1 aromatic carbocycles. The van der Waals surface area contributed by atoms with Gasteiger partial charge in [0.25, 0.3) is 0 Å². The van der Waals surface area contributed by atoms with E-state index in [2.05, 4.69) is 25.7 Å². The van der Waals surface area contributed by atoms with E-state index in [1.165, 1.54) is 11.5 Å². The lowest BCUT2D eigenvalue weighted by atomic mass is 10.0. The molecule has 0 bridgehead atoms. The topological polar surface area (TPSA) is 104 Å². The van der Waals surface area contributed by atoms with Crippen LogP contribution >= 0.6 is 11.5 Å². The lowest BCUT2D eigenvalue weighted by Gasteiger charge is -2.23. The van der Waals surface area contributed by atoms with Gasteiger partial charge in [-0.15, -0.1) is 0 Å². The van der Waals surface area contributed by atoms with Crippen LogP contribution in [-0.4, -0.2) is 31.2 Å². The van der Waals surface area contributed by atoms with Crippen LogP contribution in [0.4, 0.5) is 10.9 Å². The van der Waals surface area contributed by atoms with E-state index >= 15 is 0 Å². The van der Waals surface area contributed by atoms with E-state index < -0.39 is 5.60 Å². The number of nitrogens with zero attached hydrogens (tertiary/aromatic N) is 4. The molecule has 2 heterocycles. The molecule has 1 unspecified atom stereocenters. The van der Waals surface area contributed by atoms with Crippen molar-refractivity contribution in [3.05, 3.63) is 47.9 Å². The van der Waals surface area contributed by atoms with E-state index in [-0.39, 0.29) is 6.10 Å². The Hall–Kier alpha value is -3.02. The summed E-state index contributed by atoms with van der Waals surface area (Å²) in [5, 5.41) is 23.4. The van der Waals surface area contributed by atoms with Gasteiger partial charge in [0.1, 0.15) is 16.8 Å². The van der Waals surface area contributed by atoms with Gasteiger partial charge < -0.3 is 15.2 Å². The second-order valence-electron chi connectivity index (χ2n) is 7.52. The molecule has 0 radical (unpaired) electrons. The lowest BCUT2D eigenvalue weighted by Crippen LogP contribution is -2.28. The van der Waals surface area contributed by atoms with Crippen molar-refractivity contribution in [1.29, 1.82) is 5.26 Å². The molecule has 3 rings (SSSR count). The first-order valence-corrected chi connectivity index (χ1v) is 9.97. The molecular weight excluding hydrogens is 386 g/mol. The van der Waals surface area contributed by atoms with Crippen molar-refractivity contribution >= 4 is 22.5 Å². The summed E-state index contributed by atoms with van der Waals surface area (Å²) >= 11 is 1.35. The average Bonchev–Trinajstić information content (AvgIpc) is 3.05. The van der Waals surface area contributed by atoms with E-state index in [4.69, 9.17) is 4.74 Å². The summed E-state index contributed by atoms with van der Waals surface area (Å²) in [4.78, 5) is 8.72. The van der Waals surface area contributed by atoms with Crippen molar-refractivity contribution < 1.29 is 9.84 Å². The Balaban J connectivity index is 1.79. The van der Waals surface area contributed by atoms with Crippen molar-refractivity contribution in [2.24, 2.45) is 0 Å². The summed E-state index contributed by atoms with van der Waals surface area (Å²) in [7, 11) is 0. The van der Waals surface area contributed by atoms with Crippen molar-refractivity contribution in [1.82, 2.24) is 14.3 Å². The fourth-order valence-electron chi connectivity index (χ4n) is 2.93. The summed E-state index contributed by atoms with van der Waals surface area (Å²) in [6, 6.07) is 9.44.